The van der Waals surface area contributed by atoms with Crippen LogP contribution in [-0.4, -0.2) is 30.3 Å². The molecule has 0 fully saturated rings. The van der Waals surface area contributed by atoms with Gasteiger partial charge in [-0.05, 0) is 35.7 Å². The highest BCUT2D eigenvalue weighted by atomic mass is 16.5. The molecule has 0 aliphatic carbocycles. The molecule has 6 nitrogen and oxygen atoms in total. The molecule has 1 amide bonds. The minimum Gasteiger partial charge on any atom is -0.492 e. The highest BCUT2D eigenvalue weighted by molar-refractivity contribution is 5.70. The number of hydrogen-bond acceptors (Lipinski definition) is 4. The fourth-order valence-electron chi connectivity index (χ4n) is 2.22. The minimum atomic E-state index is -0.866. The van der Waals surface area contributed by atoms with Gasteiger partial charge in [0.1, 0.15) is 19.0 Å². The number of benzene rings is 2. The average Bonchev–Trinajstić information content (AvgIpc) is 2.60. The van der Waals surface area contributed by atoms with E-state index in [1.54, 1.807) is 18.2 Å². The molecule has 0 aliphatic heterocycles. The van der Waals surface area contributed by atoms with Crippen LogP contribution in [0.25, 0.3) is 0 Å². The first kappa shape index (κ1) is 18.3. The van der Waals surface area contributed by atoms with Gasteiger partial charge in [-0.15, -0.1) is 0 Å². The van der Waals surface area contributed by atoms with Crippen molar-refractivity contribution in [3.8, 4) is 5.75 Å². The maximum atomic E-state index is 11.6. The molecule has 0 heterocycles. The third-order valence-electron chi connectivity index (χ3n) is 3.51. The molecule has 6 heteroatoms. The van der Waals surface area contributed by atoms with Crippen LogP contribution in [0.5, 0.6) is 5.75 Å². The van der Waals surface area contributed by atoms with Crippen LogP contribution in [0.3, 0.4) is 0 Å². The van der Waals surface area contributed by atoms with Gasteiger partial charge in [-0.3, -0.25) is 4.79 Å². The molecule has 2 aromatic rings. The van der Waals surface area contributed by atoms with Crippen molar-refractivity contribution in [2.45, 2.75) is 20.0 Å². The Balaban J connectivity index is 1.67. The summed E-state index contributed by atoms with van der Waals surface area (Å²) in [7, 11) is 0. The van der Waals surface area contributed by atoms with Crippen LogP contribution in [-0.2, 0) is 22.6 Å². The summed E-state index contributed by atoms with van der Waals surface area (Å²) in [6.45, 7) is 2.66. The zero-order valence-electron chi connectivity index (χ0n) is 14.0. The van der Waals surface area contributed by atoms with E-state index in [2.05, 4.69) is 5.32 Å². The summed E-state index contributed by atoms with van der Waals surface area (Å²) >= 11 is 0. The maximum absolute atomic E-state index is 11.6. The van der Waals surface area contributed by atoms with E-state index in [1.807, 2.05) is 37.3 Å². The summed E-state index contributed by atoms with van der Waals surface area (Å²) in [6, 6.07) is 14.7. The van der Waals surface area contributed by atoms with Crippen LogP contribution in [0.2, 0.25) is 0 Å². The van der Waals surface area contributed by atoms with Crippen molar-refractivity contribution >= 4 is 12.1 Å². The van der Waals surface area contributed by atoms with Gasteiger partial charge in [-0.25, -0.2) is 4.79 Å². The molecule has 0 saturated carbocycles. The van der Waals surface area contributed by atoms with Gasteiger partial charge in [-0.1, -0.05) is 36.4 Å². The molecular weight excluding hydrogens is 322 g/mol. The second-order valence-electron chi connectivity index (χ2n) is 5.50. The molecule has 0 unspecified atom stereocenters. The molecule has 2 rings (SSSR count). The number of ether oxygens (including phenoxy) is 2. The zero-order chi connectivity index (χ0) is 18.1. The lowest BCUT2D eigenvalue weighted by atomic mass is 10.1. The second kappa shape index (κ2) is 9.32. The van der Waals surface area contributed by atoms with Crippen LogP contribution < -0.4 is 10.1 Å². The number of aliphatic carboxylic acids is 1. The number of amides is 1. The first-order chi connectivity index (χ1) is 12.0. The van der Waals surface area contributed by atoms with E-state index in [9.17, 15) is 9.59 Å². The summed E-state index contributed by atoms with van der Waals surface area (Å²) in [6.07, 6.45) is -0.513. The fourth-order valence-corrected chi connectivity index (χ4v) is 2.22. The number of nitrogens with one attached hydrogen (secondary N) is 1. The molecule has 0 spiro atoms. The molecule has 0 radical (unpaired) electrons. The van der Waals surface area contributed by atoms with E-state index in [0.29, 0.717) is 12.3 Å². The van der Waals surface area contributed by atoms with Crippen LogP contribution in [0.15, 0.2) is 48.5 Å². The van der Waals surface area contributed by atoms with Gasteiger partial charge in [0.25, 0.3) is 0 Å². The van der Waals surface area contributed by atoms with Crippen LogP contribution >= 0.6 is 0 Å². The Morgan fingerprint density at radius 1 is 1.12 bits per heavy atom. The van der Waals surface area contributed by atoms with Gasteiger partial charge in [0.05, 0.1) is 13.0 Å². The Bertz CT molecular complexity index is 715. The number of rotatable bonds is 8. The largest absolute Gasteiger partial charge is 0.492 e. The molecule has 0 saturated heterocycles. The van der Waals surface area contributed by atoms with Crippen LogP contribution in [0, 0.1) is 6.92 Å². The number of carboxylic acid groups (broad SMARTS) is 1. The number of carbonyl (C=O) groups is 2. The number of carbonyl (C=O) groups excluding carboxylic acids is 1. The van der Waals surface area contributed by atoms with Gasteiger partial charge in [-0.2, -0.15) is 0 Å². The SMILES string of the molecule is Cc1cc(OCCNC(=O)OCc2ccccc2)ccc1CC(=O)O. The highest BCUT2D eigenvalue weighted by Crippen LogP contribution is 2.17. The summed E-state index contributed by atoms with van der Waals surface area (Å²) < 4.78 is 10.6. The van der Waals surface area contributed by atoms with Crippen molar-refractivity contribution < 1.29 is 24.2 Å². The number of aryl methyl sites for hydroxylation is 1. The first-order valence-electron chi connectivity index (χ1n) is 7.93. The van der Waals surface area contributed by atoms with Gasteiger partial charge in [0.2, 0.25) is 0 Å². The van der Waals surface area contributed by atoms with Crippen molar-refractivity contribution in [1.82, 2.24) is 5.32 Å². The number of carboxylic acids is 1. The molecule has 132 valence electrons. The van der Waals surface area contributed by atoms with E-state index in [1.165, 1.54) is 0 Å². The average molecular weight is 343 g/mol. The van der Waals surface area contributed by atoms with E-state index in [4.69, 9.17) is 14.6 Å². The van der Waals surface area contributed by atoms with Gasteiger partial charge >= 0.3 is 12.1 Å². The Hall–Kier alpha value is -3.02. The van der Waals surface area contributed by atoms with E-state index in [-0.39, 0.29) is 19.6 Å². The van der Waals surface area contributed by atoms with Gasteiger partial charge < -0.3 is 19.9 Å². The molecular formula is C19H21NO5. The highest BCUT2D eigenvalue weighted by Gasteiger charge is 2.06. The van der Waals surface area contributed by atoms with Crippen molar-refractivity contribution in [1.29, 1.82) is 0 Å². The quantitative estimate of drug-likeness (QED) is 0.720. The molecule has 0 aromatic heterocycles. The smallest absolute Gasteiger partial charge is 0.407 e. The van der Waals surface area contributed by atoms with Crippen molar-refractivity contribution in [2.75, 3.05) is 13.2 Å². The standard InChI is InChI=1S/C19H21NO5/c1-14-11-17(8-7-16(14)12-18(21)22)24-10-9-20-19(23)25-13-15-5-3-2-4-6-15/h2-8,11H,9-10,12-13H2,1H3,(H,20,23)(H,21,22). The first-order valence-corrected chi connectivity index (χ1v) is 7.93. The third-order valence-corrected chi connectivity index (χ3v) is 3.51. The fraction of sp³-hybridized carbons (Fsp3) is 0.263. The topological polar surface area (TPSA) is 84.9 Å². The Labute approximate surface area is 146 Å². The molecule has 2 aromatic carbocycles. The summed E-state index contributed by atoms with van der Waals surface area (Å²) in [5.41, 5.74) is 2.53. The lowest BCUT2D eigenvalue weighted by molar-refractivity contribution is -0.136. The third kappa shape index (κ3) is 6.55. The predicted octanol–water partition coefficient (Wildman–Crippen LogP) is 2.93. The summed E-state index contributed by atoms with van der Waals surface area (Å²) in [5, 5.41) is 11.4. The van der Waals surface area contributed by atoms with E-state index < -0.39 is 12.1 Å². The lowest BCUT2D eigenvalue weighted by Crippen LogP contribution is -2.28. The zero-order valence-corrected chi connectivity index (χ0v) is 14.0. The molecule has 0 aliphatic rings. The van der Waals surface area contributed by atoms with Crippen LogP contribution in [0.4, 0.5) is 4.79 Å². The second-order valence-corrected chi connectivity index (χ2v) is 5.50. The normalized spacial score (nSPS) is 10.1. The Morgan fingerprint density at radius 2 is 1.88 bits per heavy atom. The van der Waals surface area contributed by atoms with Gasteiger partial charge in [0.15, 0.2) is 0 Å². The molecule has 2 N–H and O–H groups in total. The molecule has 0 bridgehead atoms. The van der Waals surface area contributed by atoms with Crippen molar-refractivity contribution in [3.63, 3.8) is 0 Å². The number of hydrogen-bond donors (Lipinski definition) is 2. The summed E-state index contributed by atoms with van der Waals surface area (Å²) in [4.78, 5) is 22.3. The minimum absolute atomic E-state index is 0.0130. The van der Waals surface area contributed by atoms with E-state index in [0.717, 1.165) is 16.7 Å². The monoisotopic (exact) mass is 343 g/mol. The molecule has 0 atom stereocenters. The maximum Gasteiger partial charge on any atom is 0.407 e. The summed E-state index contributed by atoms with van der Waals surface area (Å²) in [5.74, 6) is -0.235. The Morgan fingerprint density at radius 3 is 2.56 bits per heavy atom. The van der Waals surface area contributed by atoms with Crippen molar-refractivity contribution in [2.24, 2.45) is 0 Å². The molecule has 25 heavy (non-hydrogen) atoms. The van der Waals surface area contributed by atoms with E-state index >= 15 is 0 Å². The lowest BCUT2D eigenvalue weighted by Gasteiger charge is -2.10. The van der Waals surface area contributed by atoms with Crippen molar-refractivity contribution in [3.05, 3.63) is 65.2 Å². The Kier molecular flexibility index (Phi) is 6.83. The number of alkyl carbamates (subject to hydrolysis) is 1. The van der Waals surface area contributed by atoms with Crippen LogP contribution in [0.1, 0.15) is 16.7 Å². The predicted molar refractivity (Wildman–Crippen MR) is 92.6 cm³/mol. The van der Waals surface area contributed by atoms with Gasteiger partial charge in [0, 0.05) is 0 Å².